The van der Waals surface area contributed by atoms with Crippen LogP contribution in [0.15, 0.2) is 47.4 Å². The summed E-state index contributed by atoms with van der Waals surface area (Å²) in [5, 5.41) is -0.257. The van der Waals surface area contributed by atoms with Crippen LogP contribution in [0.25, 0.3) is 0 Å². The summed E-state index contributed by atoms with van der Waals surface area (Å²) >= 11 is 1.63. The molecule has 1 fully saturated rings. The highest BCUT2D eigenvalue weighted by Gasteiger charge is 2.38. The van der Waals surface area contributed by atoms with Crippen LogP contribution < -0.4 is 4.74 Å². The van der Waals surface area contributed by atoms with E-state index in [4.69, 9.17) is 4.74 Å². The van der Waals surface area contributed by atoms with E-state index in [9.17, 15) is 8.42 Å². The van der Waals surface area contributed by atoms with Crippen molar-refractivity contribution in [2.24, 2.45) is 0 Å². The summed E-state index contributed by atoms with van der Waals surface area (Å²) in [5.74, 6) is 1.49. The zero-order chi connectivity index (χ0) is 17.3. The van der Waals surface area contributed by atoms with Crippen LogP contribution in [-0.4, -0.2) is 32.1 Å². The molecule has 1 saturated heterocycles. The molecule has 4 nitrogen and oxygen atoms in total. The molecule has 1 heterocycles. The molecule has 0 saturated carbocycles. The SMILES string of the molecule is COc1ccccc1[C@@H]1SCCN1S(=O)(=O)c1ccc(C)c(C)c1. The highest BCUT2D eigenvalue weighted by atomic mass is 32.2. The minimum Gasteiger partial charge on any atom is -0.496 e. The van der Waals surface area contributed by atoms with Gasteiger partial charge in [-0.1, -0.05) is 24.3 Å². The fourth-order valence-electron chi connectivity index (χ4n) is 2.83. The van der Waals surface area contributed by atoms with Crippen molar-refractivity contribution >= 4 is 21.8 Å². The number of nitrogens with zero attached hydrogens (tertiary/aromatic N) is 1. The maximum atomic E-state index is 13.2. The minimum atomic E-state index is -3.54. The zero-order valence-corrected chi connectivity index (χ0v) is 15.7. The lowest BCUT2D eigenvalue weighted by atomic mass is 10.1. The molecule has 6 heteroatoms. The average molecular weight is 364 g/mol. The maximum absolute atomic E-state index is 13.2. The van der Waals surface area contributed by atoms with Crippen molar-refractivity contribution in [3.63, 3.8) is 0 Å². The second-order valence-corrected chi connectivity index (χ2v) is 8.91. The molecule has 0 aliphatic carbocycles. The summed E-state index contributed by atoms with van der Waals surface area (Å²) in [7, 11) is -1.93. The molecule has 24 heavy (non-hydrogen) atoms. The van der Waals surface area contributed by atoms with Crippen LogP contribution in [0.1, 0.15) is 22.1 Å². The van der Waals surface area contributed by atoms with Crippen molar-refractivity contribution in [2.45, 2.75) is 24.1 Å². The van der Waals surface area contributed by atoms with Gasteiger partial charge in [0.1, 0.15) is 5.75 Å². The molecule has 128 valence electrons. The Hall–Kier alpha value is -1.50. The first-order chi connectivity index (χ1) is 11.4. The quantitative estimate of drug-likeness (QED) is 0.830. The normalized spacial score (nSPS) is 18.7. The summed E-state index contributed by atoms with van der Waals surface area (Å²) in [6.45, 7) is 4.42. The zero-order valence-electron chi connectivity index (χ0n) is 14.0. The predicted octanol–water partition coefficient (Wildman–Crippen LogP) is 3.75. The number of para-hydroxylation sites is 1. The van der Waals surface area contributed by atoms with Gasteiger partial charge in [0, 0.05) is 17.9 Å². The van der Waals surface area contributed by atoms with E-state index >= 15 is 0 Å². The summed E-state index contributed by atoms with van der Waals surface area (Å²) in [5.41, 5.74) is 2.97. The molecular formula is C18H21NO3S2. The Morgan fingerprint density at radius 2 is 1.88 bits per heavy atom. The van der Waals surface area contributed by atoms with Crippen LogP contribution in [0.3, 0.4) is 0 Å². The summed E-state index contributed by atoms with van der Waals surface area (Å²) in [4.78, 5) is 0.355. The van der Waals surface area contributed by atoms with Crippen LogP contribution in [0.5, 0.6) is 5.75 Å². The first-order valence-electron chi connectivity index (χ1n) is 7.79. The van der Waals surface area contributed by atoms with E-state index in [-0.39, 0.29) is 5.37 Å². The van der Waals surface area contributed by atoms with E-state index in [0.29, 0.717) is 11.4 Å². The molecule has 0 radical (unpaired) electrons. The molecule has 1 atom stereocenters. The second kappa shape index (κ2) is 6.78. The summed E-state index contributed by atoms with van der Waals surface area (Å²) in [6.07, 6.45) is 0. The molecule has 0 N–H and O–H groups in total. The molecule has 0 unspecified atom stereocenters. The van der Waals surface area contributed by atoms with Crippen LogP contribution >= 0.6 is 11.8 Å². The van der Waals surface area contributed by atoms with Gasteiger partial charge in [0.05, 0.1) is 17.4 Å². The number of hydrogen-bond acceptors (Lipinski definition) is 4. The van der Waals surface area contributed by atoms with Crippen molar-refractivity contribution in [1.82, 2.24) is 4.31 Å². The number of aryl methyl sites for hydroxylation is 2. The van der Waals surface area contributed by atoms with E-state index in [2.05, 4.69) is 0 Å². The van der Waals surface area contributed by atoms with E-state index < -0.39 is 10.0 Å². The number of thioether (sulfide) groups is 1. The number of hydrogen-bond donors (Lipinski definition) is 0. The topological polar surface area (TPSA) is 46.6 Å². The van der Waals surface area contributed by atoms with Gasteiger partial charge in [-0.05, 0) is 43.2 Å². The molecule has 1 aliphatic rings. The average Bonchev–Trinajstić information content (AvgIpc) is 3.07. The molecular weight excluding hydrogens is 342 g/mol. The largest absolute Gasteiger partial charge is 0.496 e. The highest BCUT2D eigenvalue weighted by molar-refractivity contribution is 8.01. The lowest BCUT2D eigenvalue weighted by molar-refractivity contribution is 0.390. The number of ether oxygens (including phenoxy) is 1. The van der Waals surface area contributed by atoms with Crippen molar-refractivity contribution in [3.05, 3.63) is 59.2 Å². The Morgan fingerprint density at radius 1 is 1.12 bits per heavy atom. The van der Waals surface area contributed by atoms with Crippen molar-refractivity contribution in [2.75, 3.05) is 19.4 Å². The Kier molecular flexibility index (Phi) is 4.90. The summed E-state index contributed by atoms with van der Waals surface area (Å²) < 4.78 is 33.3. The van der Waals surface area contributed by atoms with Gasteiger partial charge in [-0.15, -0.1) is 11.8 Å². The molecule has 2 aromatic carbocycles. The van der Waals surface area contributed by atoms with Crippen LogP contribution in [0.4, 0.5) is 0 Å². The minimum absolute atomic E-state index is 0.257. The van der Waals surface area contributed by atoms with Gasteiger partial charge >= 0.3 is 0 Å². The number of methoxy groups -OCH3 is 1. The molecule has 0 amide bonds. The summed E-state index contributed by atoms with van der Waals surface area (Å²) in [6, 6.07) is 12.9. The molecule has 0 bridgehead atoms. The third-order valence-electron chi connectivity index (χ3n) is 4.34. The Morgan fingerprint density at radius 3 is 2.58 bits per heavy atom. The Bertz CT molecular complexity index is 849. The smallest absolute Gasteiger partial charge is 0.244 e. The molecule has 1 aliphatic heterocycles. The highest BCUT2D eigenvalue weighted by Crippen LogP contribution is 2.44. The fourth-order valence-corrected chi connectivity index (χ4v) is 6.17. The van der Waals surface area contributed by atoms with Gasteiger partial charge in [-0.2, -0.15) is 4.31 Å². The number of benzene rings is 2. The molecule has 0 aromatic heterocycles. The van der Waals surface area contributed by atoms with Crippen LogP contribution in [-0.2, 0) is 10.0 Å². The predicted molar refractivity (Wildman–Crippen MR) is 98.0 cm³/mol. The third-order valence-corrected chi connectivity index (χ3v) is 7.58. The Labute approximate surface area is 147 Å². The van der Waals surface area contributed by atoms with E-state index in [1.54, 1.807) is 35.3 Å². The Balaban J connectivity index is 2.02. The van der Waals surface area contributed by atoms with Gasteiger partial charge in [0.15, 0.2) is 0 Å². The van der Waals surface area contributed by atoms with Gasteiger partial charge in [0.25, 0.3) is 0 Å². The first-order valence-corrected chi connectivity index (χ1v) is 10.3. The standard InChI is InChI=1S/C18H21NO3S2/c1-13-8-9-15(12-14(13)2)24(20,21)19-10-11-23-18(19)16-6-4-5-7-17(16)22-3/h4-9,12,18H,10-11H2,1-3H3/t18-/m0/s1. The lowest BCUT2D eigenvalue weighted by Gasteiger charge is -2.25. The van der Waals surface area contributed by atoms with Gasteiger partial charge in [-0.25, -0.2) is 8.42 Å². The van der Waals surface area contributed by atoms with E-state index in [1.165, 1.54) is 0 Å². The maximum Gasteiger partial charge on any atom is 0.244 e. The number of rotatable bonds is 4. The molecule has 0 spiro atoms. The van der Waals surface area contributed by atoms with Gasteiger partial charge < -0.3 is 4.74 Å². The fraction of sp³-hybridized carbons (Fsp3) is 0.333. The second-order valence-electron chi connectivity index (χ2n) is 5.83. The van der Waals surface area contributed by atoms with Crippen molar-refractivity contribution in [1.29, 1.82) is 0 Å². The van der Waals surface area contributed by atoms with Gasteiger partial charge in [0.2, 0.25) is 10.0 Å². The van der Waals surface area contributed by atoms with Gasteiger partial charge in [-0.3, -0.25) is 0 Å². The lowest BCUT2D eigenvalue weighted by Crippen LogP contribution is -2.30. The molecule has 3 rings (SSSR count). The first kappa shape index (κ1) is 17.3. The van der Waals surface area contributed by atoms with E-state index in [1.807, 2.05) is 44.2 Å². The van der Waals surface area contributed by atoms with Crippen LogP contribution in [0, 0.1) is 13.8 Å². The van der Waals surface area contributed by atoms with E-state index in [0.717, 1.165) is 28.2 Å². The monoisotopic (exact) mass is 363 g/mol. The molecule has 2 aromatic rings. The third kappa shape index (κ3) is 3.06. The van der Waals surface area contributed by atoms with Crippen LogP contribution in [0.2, 0.25) is 0 Å². The van der Waals surface area contributed by atoms with Crippen molar-refractivity contribution < 1.29 is 13.2 Å². The van der Waals surface area contributed by atoms with Crippen molar-refractivity contribution in [3.8, 4) is 5.75 Å². The number of sulfonamides is 1.